The second kappa shape index (κ2) is 8.43. The molecule has 0 rings (SSSR count). The Morgan fingerprint density at radius 1 is 1.29 bits per heavy atom. The third-order valence-corrected chi connectivity index (χ3v) is 4.25. The van der Waals surface area contributed by atoms with Crippen LogP contribution in [0.5, 0.6) is 0 Å². The van der Waals surface area contributed by atoms with Gasteiger partial charge in [-0.05, 0) is 19.3 Å². The zero-order valence-corrected chi connectivity index (χ0v) is 11.2. The summed E-state index contributed by atoms with van der Waals surface area (Å²) in [4.78, 5) is 10.8. The van der Waals surface area contributed by atoms with Crippen LogP contribution >= 0.6 is 0 Å². The number of unbranched alkanes of at least 4 members (excludes halogenated alkanes) is 2. The Balaban J connectivity index is 3.99. The van der Waals surface area contributed by atoms with Crippen LogP contribution in [0.4, 0.5) is 0 Å². The fourth-order valence-corrected chi connectivity index (χ4v) is 2.38. The zero-order chi connectivity index (χ0) is 13.3. The fraction of sp³-hybridized carbons (Fsp3) is 0.900. The molecule has 6 nitrogen and oxygen atoms in total. The lowest BCUT2D eigenvalue weighted by Crippen LogP contribution is -2.31. The Morgan fingerprint density at radius 3 is 2.47 bits per heavy atom. The molecule has 0 saturated carbocycles. The van der Waals surface area contributed by atoms with Crippen molar-refractivity contribution in [3.8, 4) is 0 Å². The highest BCUT2D eigenvalue weighted by Gasteiger charge is 2.18. The van der Waals surface area contributed by atoms with Crippen molar-refractivity contribution in [2.45, 2.75) is 25.7 Å². The number of esters is 1. The first kappa shape index (κ1) is 16.3. The lowest BCUT2D eigenvalue weighted by Gasteiger charge is -2.16. The molecule has 0 aromatic rings. The molecule has 0 spiro atoms. The van der Waals surface area contributed by atoms with Gasteiger partial charge in [0, 0.05) is 20.2 Å². The molecule has 17 heavy (non-hydrogen) atoms. The average molecular weight is 267 g/mol. The number of aliphatic hydroxyl groups excluding tert-OH is 1. The molecule has 0 aliphatic rings. The lowest BCUT2D eigenvalue weighted by atomic mass is 10.2. The minimum Gasteiger partial charge on any atom is -0.469 e. The molecule has 0 saturated heterocycles. The van der Waals surface area contributed by atoms with Gasteiger partial charge in [0.1, 0.15) is 0 Å². The van der Waals surface area contributed by atoms with Crippen LogP contribution in [-0.2, 0) is 19.6 Å². The van der Waals surface area contributed by atoms with E-state index in [1.807, 2.05) is 0 Å². The van der Waals surface area contributed by atoms with Crippen LogP contribution in [0.25, 0.3) is 0 Å². The first-order chi connectivity index (χ1) is 7.94. The first-order valence-electron chi connectivity index (χ1n) is 5.55. The Morgan fingerprint density at radius 2 is 1.94 bits per heavy atom. The van der Waals surface area contributed by atoms with E-state index < -0.39 is 16.0 Å². The Labute approximate surface area is 103 Å². The van der Waals surface area contributed by atoms with Gasteiger partial charge in [0.05, 0.1) is 19.3 Å². The third-order valence-electron chi connectivity index (χ3n) is 2.40. The number of nitrogens with zero attached hydrogens (tertiary/aromatic N) is 1. The summed E-state index contributed by atoms with van der Waals surface area (Å²) < 4.78 is 29.0. The molecule has 0 aliphatic carbocycles. The zero-order valence-electron chi connectivity index (χ0n) is 10.4. The van der Waals surface area contributed by atoms with Crippen LogP contribution in [0.1, 0.15) is 25.7 Å². The summed E-state index contributed by atoms with van der Waals surface area (Å²) in [5, 5.41) is 8.58. The van der Waals surface area contributed by atoms with Crippen LogP contribution in [0.3, 0.4) is 0 Å². The van der Waals surface area contributed by atoms with E-state index in [4.69, 9.17) is 5.11 Å². The van der Waals surface area contributed by atoms with Gasteiger partial charge >= 0.3 is 5.97 Å². The van der Waals surface area contributed by atoms with Gasteiger partial charge in [0.15, 0.2) is 0 Å². The molecule has 0 heterocycles. The molecule has 102 valence electrons. The molecular formula is C10H21NO5S. The molecule has 0 fully saturated rings. The summed E-state index contributed by atoms with van der Waals surface area (Å²) in [6.45, 7) is 0.530. The van der Waals surface area contributed by atoms with E-state index in [9.17, 15) is 13.2 Å². The normalized spacial score (nSPS) is 11.8. The quantitative estimate of drug-likeness (QED) is 0.468. The van der Waals surface area contributed by atoms with Crippen LogP contribution in [-0.4, -0.2) is 56.9 Å². The Bertz CT molecular complexity index is 315. The van der Waals surface area contributed by atoms with Crippen molar-refractivity contribution in [3.63, 3.8) is 0 Å². The summed E-state index contributed by atoms with van der Waals surface area (Å²) in [5.41, 5.74) is 0. The second-order valence-corrected chi connectivity index (χ2v) is 5.94. The van der Waals surface area contributed by atoms with Crippen LogP contribution in [0.15, 0.2) is 0 Å². The molecule has 0 aromatic heterocycles. The monoisotopic (exact) mass is 267 g/mol. The molecule has 7 heteroatoms. The number of hydrogen-bond donors (Lipinski definition) is 1. The van der Waals surface area contributed by atoms with Crippen molar-refractivity contribution in [1.82, 2.24) is 4.31 Å². The second-order valence-electron chi connectivity index (χ2n) is 3.75. The topological polar surface area (TPSA) is 83.9 Å². The van der Waals surface area contributed by atoms with Crippen molar-refractivity contribution >= 4 is 16.0 Å². The first-order valence-corrected chi connectivity index (χ1v) is 7.16. The van der Waals surface area contributed by atoms with Crippen molar-refractivity contribution in [2.75, 3.05) is 33.1 Å². The van der Waals surface area contributed by atoms with Gasteiger partial charge in [0.2, 0.25) is 10.0 Å². The van der Waals surface area contributed by atoms with Gasteiger partial charge in [0.25, 0.3) is 0 Å². The van der Waals surface area contributed by atoms with Crippen molar-refractivity contribution in [2.24, 2.45) is 0 Å². The Hall–Kier alpha value is -0.660. The highest BCUT2D eigenvalue weighted by atomic mass is 32.2. The van der Waals surface area contributed by atoms with Gasteiger partial charge in [-0.2, -0.15) is 0 Å². The van der Waals surface area contributed by atoms with Crippen molar-refractivity contribution in [3.05, 3.63) is 0 Å². The minimum atomic E-state index is -3.38. The largest absolute Gasteiger partial charge is 0.469 e. The molecule has 0 amide bonds. The standard InChI is InChI=1S/C10H21NO5S/c1-11(7-4-3-5-8-12)17(14,15)9-6-10(13)16-2/h12H,3-9H2,1-2H3. The number of sulfonamides is 1. The number of hydrogen-bond acceptors (Lipinski definition) is 5. The van der Waals surface area contributed by atoms with Crippen LogP contribution in [0, 0.1) is 0 Å². The summed E-state index contributed by atoms with van der Waals surface area (Å²) in [6.07, 6.45) is 2.04. The molecule has 1 N–H and O–H groups in total. The molecule has 0 aliphatic heterocycles. The maximum atomic E-state index is 11.7. The average Bonchev–Trinajstić information content (AvgIpc) is 2.31. The number of rotatable bonds is 9. The number of carbonyl (C=O) groups excluding carboxylic acids is 1. The van der Waals surface area contributed by atoms with E-state index in [-0.39, 0.29) is 18.8 Å². The smallest absolute Gasteiger partial charge is 0.306 e. The van der Waals surface area contributed by atoms with E-state index in [2.05, 4.69) is 4.74 Å². The van der Waals surface area contributed by atoms with E-state index in [1.165, 1.54) is 18.5 Å². The van der Waals surface area contributed by atoms with Gasteiger partial charge in [-0.25, -0.2) is 12.7 Å². The summed E-state index contributed by atoms with van der Waals surface area (Å²) in [6, 6.07) is 0. The highest BCUT2D eigenvalue weighted by Crippen LogP contribution is 2.04. The number of aliphatic hydroxyl groups is 1. The molecule has 0 atom stereocenters. The van der Waals surface area contributed by atoms with Crippen LogP contribution in [0.2, 0.25) is 0 Å². The van der Waals surface area contributed by atoms with Gasteiger partial charge in [-0.15, -0.1) is 0 Å². The predicted octanol–water partition coefficient (Wildman–Crippen LogP) is -0.0263. The lowest BCUT2D eigenvalue weighted by molar-refractivity contribution is -0.140. The highest BCUT2D eigenvalue weighted by molar-refractivity contribution is 7.89. The van der Waals surface area contributed by atoms with Gasteiger partial charge < -0.3 is 9.84 Å². The summed E-state index contributed by atoms with van der Waals surface area (Å²) >= 11 is 0. The maximum absolute atomic E-state index is 11.7. The summed E-state index contributed by atoms with van der Waals surface area (Å²) in [5.74, 6) is -0.752. The van der Waals surface area contributed by atoms with Gasteiger partial charge in [-0.3, -0.25) is 4.79 Å². The fourth-order valence-electron chi connectivity index (χ4n) is 1.23. The van der Waals surface area contributed by atoms with E-state index in [1.54, 1.807) is 0 Å². The molecule has 0 bridgehead atoms. The van der Waals surface area contributed by atoms with Crippen molar-refractivity contribution in [1.29, 1.82) is 0 Å². The molecular weight excluding hydrogens is 246 g/mol. The molecule has 0 aromatic carbocycles. The van der Waals surface area contributed by atoms with E-state index in [0.29, 0.717) is 19.4 Å². The Kier molecular flexibility index (Phi) is 8.11. The van der Waals surface area contributed by atoms with Gasteiger partial charge in [-0.1, -0.05) is 0 Å². The number of ether oxygens (including phenoxy) is 1. The number of carbonyl (C=O) groups is 1. The number of methoxy groups -OCH3 is 1. The maximum Gasteiger partial charge on any atom is 0.306 e. The SMILES string of the molecule is COC(=O)CCS(=O)(=O)N(C)CCCCCO. The molecule has 0 radical (unpaired) electrons. The minimum absolute atomic E-state index is 0.124. The van der Waals surface area contributed by atoms with Crippen LogP contribution < -0.4 is 0 Å². The van der Waals surface area contributed by atoms with E-state index in [0.717, 1.165) is 6.42 Å². The van der Waals surface area contributed by atoms with Crippen molar-refractivity contribution < 1.29 is 23.1 Å². The summed E-state index contributed by atoms with van der Waals surface area (Å²) in [7, 11) is -0.661. The third kappa shape index (κ3) is 7.30. The molecule has 0 unspecified atom stereocenters. The predicted molar refractivity (Wildman–Crippen MR) is 64.0 cm³/mol. The van der Waals surface area contributed by atoms with E-state index >= 15 is 0 Å².